The number of hydrogen-bond donors (Lipinski definition) is 4. The Balaban J connectivity index is 1.34. The molecule has 0 aliphatic carbocycles. The highest BCUT2D eigenvalue weighted by atomic mass is 16.5. The lowest BCUT2D eigenvalue weighted by Gasteiger charge is -2.14. The van der Waals surface area contributed by atoms with E-state index in [1.54, 1.807) is 56.3 Å². The molecule has 4 N–H and O–H groups in total. The van der Waals surface area contributed by atoms with Crippen LogP contribution in [0.5, 0.6) is 23.0 Å². The number of anilines is 2. The number of nitriles is 1. The van der Waals surface area contributed by atoms with Gasteiger partial charge in [0, 0.05) is 30.4 Å². The fourth-order valence-corrected chi connectivity index (χ4v) is 4.59. The van der Waals surface area contributed by atoms with Crippen LogP contribution in [0.25, 0.3) is 16.9 Å². The maximum atomic E-state index is 12.4. The Hall–Kier alpha value is -5.63. The second-order valence-electron chi connectivity index (χ2n) is 9.45. The summed E-state index contributed by atoms with van der Waals surface area (Å²) >= 11 is 0. The molecule has 11 heteroatoms. The van der Waals surface area contributed by atoms with E-state index in [0.717, 1.165) is 16.8 Å². The second-order valence-corrected chi connectivity index (χ2v) is 9.45. The van der Waals surface area contributed by atoms with Gasteiger partial charge in [-0.3, -0.25) is 9.89 Å². The van der Waals surface area contributed by atoms with E-state index in [0.29, 0.717) is 64.9 Å². The Morgan fingerprint density at radius 2 is 1.67 bits per heavy atom. The highest BCUT2D eigenvalue weighted by Crippen LogP contribution is 2.43. The van der Waals surface area contributed by atoms with Crippen molar-refractivity contribution in [2.24, 2.45) is 0 Å². The molecule has 0 aliphatic heterocycles. The molecule has 0 radical (unpaired) electrons. The number of H-pyrrole nitrogens is 1. The molecule has 5 rings (SSSR count). The molecular weight excluding hydrogens is 536 g/mol. The normalized spacial score (nSPS) is 10.7. The predicted octanol–water partition coefficient (Wildman–Crippen LogP) is 4.93. The molecule has 3 aromatic carbocycles. The molecule has 0 atom stereocenters. The summed E-state index contributed by atoms with van der Waals surface area (Å²) in [5.74, 6) is 2.17. The second kappa shape index (κ2) is 12.3. The third-order valence-electron chi connectivity index (χ3n) is 6.80. The van der Waals surface area contributed by atoms with Crippen LogP contribution < -0.4 is 24.8 Å². The average Bonchev–Trinajstić information content (AvgIpc) is 3.59. The topological polar surface area (TPSA) is 146 Å². The number of carbonyl (C=O) groups is 1. The van der Waals surface area contributed by atoms with E-state index in [9.17, 15) is 15.2 Å². The number of aromatic amines is 1. The maximum Gasteiger partial charge on any atom is 0.220 e. The van der Waals surface area contributed by atoms with Crippen LogP contribution in [0, 0.1) is 11.3 Å². The number of imidazole rings is 1. The summed E-state index contributed by atoms with van der Waals surface area (Å²) in [6.07, 6.45) is 2.54. The van der Waals surface area contributed by atoms with Crippen molar-refractivity contribution in [1.82, 2.24) is 19.9 Å². The molecule has 0 aliphatic rings. The first-order chi connectivity index (χ1) is 20.4. The van der Waals surface area contributed by atoms with Crippen LogP contribution in [0.3, 0.4) is 0 Å². The molecule has 0 saturated carbocycles. The summed E-state index contributed by atoms with van der Waals surface area (Å²) in [6.45, 7) is 0.393. The number of methoxy groups -OCH3 is 3. The molecule has 2 aromatic heterocycles. The Labute approximate surface area is 242 Å². The van der Waals surface area contributed by atoms with Crippen LogP contribution in [-0.2, 0) is 17.8 Å². The van der Waals surface area contributed by atoms with Gasteiger partial charge in [-0.2, -0.15) is 5.26 Å². The number of hydrogen-bond acceptors (Lipinski definition) is 8. The number of amides is 1. The van der Waals surface area contributed by atoms with Gasteiger partial charge in [0.25, 0.3) is 0 Å². The molecule has 2 heterocycles. The average molecular weight is 567 g/mol. The zero-order chi connectivity index (χ0) is 29.6. The van der Waals surface area contributed by atoms with Gasteiger partial charge >= 0.3 is 0 Å². The first-order valence-corrected chi connectivity index (χ1v) is 13.1. The minimum absolute atomic E-state index is 0.0537. The van der Waals surface area contributed by atoms with E-state index in [1.807, 2.05) is 36.4 Å². The smallest absolute Gasteiger partial charge is 0.220 e. The number of rotatable bonds is 11. The van der Waals surface area contributed by atoms with Crippen molar-refractivity contribution in [2.75, 3.05) is 26.6 Å². The number of nitrogens with one attached hydrogen (secondary N) is 3. The molecule has 5 aromatic rings. The lowest BCUT2D eigenvalue weighted by molar-refractivity contribution is -0.121. The number of phenolic OH excluding ortho intramolecular Hbond substituents is 1. The largest absolute Gasteiger partial charge is 0.508 e. The Morgan fingerprint density at radius 3 is 2.29 bits per heavy atom. The number of aryl methyl sites for hydroxylation is 1. The number of benzene rings is 3. The molecule has 214 valence electrons. The summed E-state index contributed by atoms with van der Waals surface area (Å²) in [7, 11) is 4.63. The number of ether oxygens (including phenoxy) is 3. The molecule has 11 nitrogen and oxygen atoms in total. The summed E-state index contributed by atoms with van der Waals surface area (Å²) in [4.78, 5) is 17.1. The molecular formula is C31H30N6O5. The molecule has 0 bridgehead atoms. The standard InChI is InChI=1S/C31H30N6O5/c1-40-25-14-21(15-26(41-2)29(25)42-3)28-31(37-30(36-28)22(16-32)18-34-37)35-23-9-4-20(5-10-23)17-33-27(39)13-8-19-6-11-24(38)12-7-19/h4-7,9-12,14-15,18,34-35,38H,8,13,17H2,1-3H3,(H,33,39). The van der Waals surface area contributed by atoms with Crippen molar-refractivity contribution < 1.29 is 24.1 Å². The van der Waals surface area contributed by atoms with E-state index in [-0.39, 0.29) is 11.7 Å². The van der Waals surface area contributed by atoms with Crippen molar-refractivity contribution in [1.29, 1.82) is 5.26 Å². The molecule has 0 unspecified atom stereocenters. The monoisotopic (exact) mass is 566 g/mol. The molecule has 0 fully saturated rings. The minimum Gasteiger partial charge on any atom is -0.508 e. The van der Waals surface area contributed by atoms with E-state index in [2.05, 4.69) is 21.8 Å². The van der Waals surface area contributed by atoms with Crippen molar-refractivity contribution in [3.63, 3.8) is 0 Å². The molecule has 1 amide bonds. The van der Waals surface area contributed by atoms with E-state index in [4.69, 9.17) is 19.2 Å². The van der Waals surface area contributed by atoms with Gasteiger partial charge in [-0.25, -0.2) is 9.50 Å². The van der Waals surface area contributed by atoms with Crippen LogP contribution in [0.4, 0.5) is 11.5 Å². The van der Waals surface area contributed by atoms with Gasteiger partial charge in [0.1, 0.15) is 23.1 Å². The first-order valence-electron chi connectivity index (χ1n) is 13.1. The fraction of sp³-hybridized carbons (Fsp3) is 0.194. The molecule has 0 saturated heterocycles. The van der Waals surface area contributed by atoms with Crippen LogP contribution in [0.1, 0.15) is 23.1 Å². The van der Waals surface area contributed by atoms with Gasteiger partial charge in [0.2, 0.25) is 11.7 Å². The van der Waals surface area contributed by atoms with E-state index in [1.165, 1.54) is 0 Å². The Kier molecular flexibility index (Phi) is 8.15. The van der Waals surface area contributed by atoms with Crippen LogP contribution in [-0.4, -0.2) is 46.9 Å². The quantitative estimate of drug-likeness (QED) is 0.176. The Morgan fingerprint density at radius 1 is 1.00 bits per heavy atom. The lowest BCUT2D eigenvalue weighted by Crippen LogP contribution is -2.22. The number of carbonyl (C=O) groups excluding carboxylic acids is 1. The summed E-state index contributed by atoms with van der Waals surface area (Å²) in [6, 6.07) is 20.3. The van der Waals surface area contributed by atoms with Crippen LogP contribution in [0.15, 0.2) is 66.9 Å². The molecule has 0 spiro atoms. The van der Waals surface area contributed by atoms with E-state index >= 15 is 0 Å². The van der Waals surface area contributed by atoms with Gasteiger partial charge in [-0.1, -0.05) is 24.3 Å². The van der Waals surface area contributed by atoms with Gasteiger partial charge in [-0.15, -0.1) is 0 Å². The third-order valence-corrected chi connectivity index (χ3v) is 6.80. The van der Waals surface area contributed by atoms with Crippen LogP contribution >= 0.6 is 0 Å². The lowest BCUT2D eigenvalue weighted by atomic mass is 10.1. The Bertz CT molecular complexity index is 1720. The van der Waals surface area contributed by atoms with Crippen molar-refractivity contribution in [3.05, 3.63) is 83.6 Å². The van der Waals surface area contributed by atoms with Crippen molar-refractivity contribution >= 4 is 23.1 Å². The number of phenols is 1. The zero-order valence-corrected chi connectivity index (χ0v) is 23.4. The first kappa shape index (κ1) is 27.9. The van der Waals surface area contributed by atoms with Gasteiger partial charge in [-0.05, 0) is 53.9 Å². The third kappa shape index (κ3) is 5.78. The summed E-state index contributed by atoms with van der Waals surface area (Å²) in [5, 5.41) is 28.5. The number of nitrogens with zero attached hydrogens (tertiary/aromatic N) is 3. The fourth-order valence-electron chi connectivity index (χ4n) is 4.59. The number of aromatic nitrogens is 3. The minimum atomic E-state index is -0.0537. The number of aromatic hydroxyl groups is 1. The highest BCUT2D eigenvalue weighted by Gasteiger charge is 2.22. The summed E-state index contributed by atoms with van der Waals surface area (Å²) < 4.78 is 18.2. The number of fused-ring (bicyclic) bond motifs is 1. The van der Waals surface area contributed by atoms with Gasteiger partial charge in [0.15, 0.2) is 23.0 Å². The predicted molar refractivity (Wildman–Crippen MR) is 157 cm³/mol. The SMILES string of the molecule is COc1cc(-c2nc3c(C#N)c[nH]n3c2Nc2ccc(CNC(=O)CCc3ccc(O)cc3)cc2)cc(OC)c1OC. The zero-order valence-electron chi connectivity index (χ0n) is 23.4. The van der Waals surface area contributed by atoms with Crippen LogP contribution in [0.2, 0.25) is 0 Å². The van der Waals surface area contributed by atoms with E-state index < -0.39 is 0 Å². The van der Waals surface area contributed by atoms with Gasteiger partial charge in [0.05, 0.1) is 21.3 Å². The van der Waals surface area contributed by atoms with Crippen molar-refractivity contribution in [3.8, 4) is 40.3 Å². The highest BCUT2D eigenvalue weighted by molar-refractivity contribution is 5.83. The molecule has 42 heavy (non-hydrogen) atoms. The van der Waals surface area contributed by atoms with Gasteiger partial charge < -0.3 is 30.0 Å². The summed E-state index contributed by atoms with van der Waals surface area (Å²) in [5.41, 5.74) is 4.84. The van der Waals surface area contributed by atoms with Crippen molar-refractivity contribution in [2.45, 2.75) is 19.4 Å². The maximum absolute atomic E-state index is 12.4.